The lowest BCUT2D eigenvalue weighted by molar-refractivity contribution is -0.132. The number of ether oxygens (including phenoxy) is 1. The number of rotatable bonds is 4. The van der Waals surface area contributed by atoms with Crippen LogP contribution in [0.15, 0.2) is 64.0 Å². The number of thiophene rings is 1. The van der Waals surface area contributed by atoms with Gasteiger partial charge in [0.25, 0.3) is 11.7 Å². The summed E-state index contributed by atoms with van der Waals surface area (Å²) in [6, 6.07) is 10.1. The van der Waals surface area contributed by atoms with Crippen LogP contribution < -0.4 is 9.64 Å². The van der Waals surface area contributed by atoms with Gasteiger partial charge >= 0.3 is 0 Å². The Bertz CT molecular complexity index is 1230. The molecule has 2 heterocycles. The minimum atomic E-state index is -1.15. The molecule has 3 aromatic rings. The van der Waals surface area contributed by atoms with Gasteiger partial charge in [-0.1, -0.05) is 6.07 Å². The standard InChI is InChI=1S/C22H14BrF2NO4S/c1-30-16-7-4-11(9-13(16)23)20(27)18-19(17-3-2-8-31-17)26(22(29)21(18)28)12-5-6-14(24)15(25)10-12/h2-10,19,27H,1H3/b20-18-. The fourth-order valence-corrected chi connectivity index (χ4v) is 4.78. The van der Waals surface area contributed by atoms with Crippen LogP contribution in [0.4, 0.5) is 14.5 Å². The second-order valence-electron chi connectivity index (χ2n) is 6.63. The highest BCUT2D eigenvalue weighted by atomic mass is 79.9. The van der Waals surface area contributed by atoms with E-state index >= 15 is 0 Å². The van der Waals surface area contributed by atoms with E-state index in [0.29, 0.717) is 15.1 Å². The molecule has 9 heteroatoms. The van der Waals surface area contributed by atoms with Crippen molar-refractivity contribution in [3.8, 4) is 5.75 Å². The third kappa shape index (κ3) is 3.64. The van der Waals surface area contributed by atoms with E-state index in [-0.39, 0.29) is 22.6 Å². The summed E-state index contributed by atoms with van der Waals surface area (Å²) >= 11 is 4.60. The fourth-order valence-electron chi connectivity index (χ4n) is 3.42. The molecule has 0 saturated carbocycles. The summed E-state index contributed by atoms with van der Waals surface area (Å²) in [6.07, 6.45) is 0. The van der Waals surface area contributed by atoms with Crippen LogP contribution in [0.25, 0.3) is 5.76 Å². The van der Waals surface area contributed by atoms with Gasteiger partial charge in [-0.2, -0.15) is 0 Å². The smallest absolute Gasteiger partial charge is 0.300 e. The first-order valence-corrected chi connectivity index (χ1v) is 10.6. The van der Waals surface area contributed by atoms with Crippen molar-refractivity contribution in [1.29, 1.82) is 0 Å². The van der Waals surface area contributed by atoms with E-state index in [0.717, 1.165) is 17.0 Å². The minimum Gasteiger partial charge on any atom is -0.507 e. The predicted octanol–water partition coefficient (Wildman–Crippen LogP) is 5.42. The zero-order valence-electron chi connectivity index (χ0n) is 15.9. The van der Waals surface area contributed by atoms with E-state index in [1.54, 1.807) is 35.7 Å². The molecule has 1 fully saturated rings. The van der Waals surface area contributed by atoms with Gasteiger partial charge in [-0.15, -0.1) is 11.3 Å². The normalized spacial score (nSPS) is 17.9. The van der Waals surface area contributed by atoms with Crippen LogP contribution in [0.5, 0.6) is 5.75 Å². The molecule has 0 radical (unpaired) electrons. The highest BCUT2D eigenvalue weighted by molar-refractivity contribution is 9.10. The number of anilines is 1. The molecule has 2 aromatic carbocycles. The van der Waals surface area contributed by atoms with Gasteiger partial charge in [0, 0.05) is 22.2 Å². The molecule has 1 saturated heterocycles. The molecule has 1 unspecified atom stereocenters. The number of methoxy groups -OCH3 is 1. The molecule has 5 nitrogen and oxygen atoms in total. The van der Waals surface area contributed by atoms with E-state index < -0.39 is 29.4 Å². The first-order chi connectivity index (χ1) is 14.8. The molecule has 1 aliphatic rings. The zero-order chi connectivity index (χ0) is 22.3. The number of halogens is 3. The number of benzene rings is 2. The second-order valence-corrected chi connectivity index (χ2v) is 8.47. The van der Waals surface area contributed by atoms with E-state index in [2.05, 4.69) is 15.9 Å². The van der Waals surface area contributed by atoms with Gasteiger partial charge in [0.15, 0.2) is 11.6 Å². The van der Waals surface area contributed by atoms with Crippen molar-refractivity contribution in [2.24, 2.45) is 0 Å². The van der Waals surface area contributed by atoms with Gasteiger partial charge in [-0.3, -0.25) is 14.5 Å². The van der Waals surface area contributed by atoms with Gasteiger partial charge in [0.05, 0.1) is 17.2 Å². The van der Waals surface area contributed by atoms with Crippen molar-refractivity contribution >= 4 is 50.4 Å². The maximum atomic E-state index is 13.9. The summed E-state index contributed by atoms with van der Waals surface area (Å²) in [5.41, 5.74) is 0.154. The summed E-state index contributed by atoms with van der Waals surface area (Å²) in [5.74, 6) is -3.95. The van der Waals surface area contributed by atoms with Crippen LogP contribution in [-0.2, 0) is 9.59 Å². The lowest BCUT2D eigenvalue weighted by atomic mass is 9.99. The van der Waals surface area contributed by atoms with E-state index in [1.807, 2.05) is 0 Å². The van der Waals surface area contributed by atoms with Gasteiger partial charge in [-0.05, 0) is 57.7 Å². The third-order valence-corrected chi connectivity index (χ3v) is 6.41. The topological polar surface area (TPSA) is 66.8 Å². The molecule has 0 bridgehead atoms. The number of carbonyl (C=O) groups excluding carboxylic acids is 2. The first-order valence-electron chi connectivity index (χ1n) is 8.97. The van der Waals surface area contributed by atoms with Gasteiger partial charge in [-0.25, -0.2) is 8.78 Å². The summed E-state index contributed by atoms with van der Waals surface area (Å²) in [7, 11) is 1.49. The van der Waals surface area contributed by atoms with Gasteiger partial charge in [0.1, 0.15) is 17.6 Å². The number of Topliss-reactive ketones (excluding diaryl/α,β-unsaturated/α-hetero) is 1. The molecule has 4 rings (SSSR count). The maximum absolute atomic E-state index is 13.9. The largest absolute Gasteiger partial charge is 0.507 e. The lowest BCUT2D eigenvalue weighted by Crippen LogP contribution is -2.29. The summed E-state index contributed by atoms with van der Waals surface area (Å²) in [6.45, 7) is 0. The van der Waals surface area contributed by atoms with Crippen molar-refractivity contribution in [3.63, 3.8) is 0 Å². The molecule has 1 atom stereocenters. The number of aliphatic hydroxyl groups excluding tert-OH is 1. The number of hydrogen-bond donors (Lipinski definition) is 1. The Morgan fingerprint density at radius 3 is 2.52 bits per heavy atom. The van der Waals surface area contributed by atoms with Crippen molar-refractivity contribution in [2.75, 3.05) is 12.0 Å². The minimum absolute atomic E-state index is 0.00867. The molecule has 31 heavy (non-hydrogen) atoms. The summed E-state index contributed by atoms with van der Waals surface area (Å²) in [4.78, 5) is 27.5. The van der Waals surface area contributed by atoms with Crippen LogP contribution in [0.3, 0.4) is 0 Å². The number of amides is 1. The van der Waals surface area contributed by atoms with Crippen LogP contribution in [0, 0.1) is 11.6 Å². The molecule has 1 aromatic heterocycles. The van der Waals surface area contributed by atoms with Crippen LogP contribution >= 0.6 is 27.3 Å². The number of hydrogen-bond acceptors (Lipinski definition) is 5. The number of ketones is 1. The monoisotopic (exact) mass is 505 g/mol. The summed E-state index contributed by atoms with van der Waals surface area (Å²) in [5, 5.41) is 12.8. The van der Waals surface area contributed by atoms with E-state index in [9.17, 15) is 23.5 Å². The number of nitrogens with zero attached hydrogens (tertiary/aromatic N) is 1. The number of aliphatic hydroxyl groups is 1. The summed E-state index contributed by atoms with van der Waals surface area (Å²) < 4.78 is 33.1. The first kappa shape index (κ1) is 21.2. The van der Waals surface area contributed by atoms with E-state index in [1.165, 1.54) is 24.5 Å². The molecular formula is C22H14BrF2NO4S. The third-order valence-electron chi connectivity index (χ3n) is 4.86. The average molecular weight is 506 g/mol. The van der Waals surface area contributed by atoms with Gasteiger partial charge in [0.2, 0.25) is 0 Å². The SMILES string of the molecule is COc1ccc(/C(O)=C2/C(=O)C(=O)N(c3ccc(F)c(F)c3)C2c2cccs2)cc1Br. The van der Waals surface area contributed by atoms with Crippen LogP contribution in [0.1, 0.15) is 16.5 Å². The van der Waals surface area contributed by atoms with E-state index in [4.69, 9.17) is 4.74 Å². The van der Waals surface area contributed by atoms with Crippen molar-refractivity contribution in [2.45, 2.75) is 6.04 Å². The highest BCUT2D eigenvalue weighted by Crippen LogP contribution is 2.44. The molecule has 1 aliphatic heterocycles. The molecule has 0 spiro atoms. The Morgan fingerprint density at radius 2 is 1.90 bits per heavy atom. The quantitative estimate of drug-likeness (QED) is 0.292. The van der Waals surface area contributed by atoms with Gasteiger partial charge < -0.3 is 9.84 Å². The zero-order valence-corrected chi connectivity index (χ0v) is 18.3. The average Bonchev–Trinajstić information content (AvgIpc) is 3.37. The molecular weight excluding hydrogens is 492 g/mol. The van der Waals surface area contributed by atoms with Crippen molar-refractivity contribution in [1.82, 2.24) is 0 Å². The second kappa shape index (κ2) is 8.24. The maximum Gasteiger partial charge on any atom is 0.300 e. The molecule has 1 N–H and O–H groups in total. The predicted molar refractivity (Wildman–Crippen MR) is 116 cm³/mol. The Kier molecular flexibility index (Phi) is 5.63. The Morgan fingerprint density at radius 1 is 1.13 bits per heavy atom. The molecule has 158 valence electrons. The molecule has 0 aliphatic carbocycles. The molecule has 1 amide bonds. The van der Waals surface area contributed by atoms with Crippen LogP contribution in [-0.4, -0.2) is 23.9 Å². The lowest BCUT2D eigenvalue weighted by Gasteiger charge is -2.24. The fraction of sp³-hybridized carbons (Fsp3) is 0.0909. The Labute approximate surface area is 188 Å². The van der Waals surface area contributed by atoms with Crippen molar-refractivity contribution < 1.29 is 28.2 Å². The Hall–Kier alpha value is -3.04. The highest BCUT2D eigenvalue weighted by Gasteiger charge is 2.47. The van der Waals surface area contributed by atoms with Crippen LogP contribution in [0.2, 0.25) is 0 Å². The number of carbonyl (C=O) groups is 2. The Balaban J connectivity index is 1.91. The van der Waals surface area contributed by atoms with Crippen molar-refractivity contribution in [3.05, 3.63) is 86.0 Å².